The normalized spacial score (nSPS) is 20.4. The third kappa shape index (κ3) is 3.84. The van der Waals surface area contributed by atoms with E-state index in [1.54, 1.807) is 0 Å². The molecule has 2 nitrogen and oxygen atoms in total. The second-order valence-corrected chi connectivity index (χ2v) is 3.63. The molecule has 12 heavy (non-hydrogen) atoms. The lowest BCUT2D eigenvalue weighted by Crippen LogP contribution is -2.08. The van der Waals surface area contributed by atoms with Gasteiger partial charge in [0.25, 0.3) is 0 Å². The monoisotopic (exact) mass is 168 g/mol. The van der Waals surface area contributed by atoms with Crippen LogP contribution in [0.5, 0.6) is 0 Å². The Kier molecular flexibility index (Phi) is 4.97. The molecule has 1 saturated carbocycles. The zero-order valence-corrected chi connectivity index (χ0v) is 8.13. The summed E-state index contributed by atoms with van der Waals surface area (Å²) in [5.41, 5.74) is 0. The lowest BCUT2D eigenvalue weighted by molar-refractivity contribution is 0.427. The van der Waals surface area contributed by atoms with Crippen LogP contribution in [0.1, 0.15) is 51.9 Å². The Labute approximate surface area is 75.5 Å². The predicted octanol–water partition coefficient (Wildman–Crippen LogP) is 3.57. The van der Waals surface area contributed by atoms with E-state index in [1.807, 2.05) is 0 Å². The van der Waals surface area contributed by atoms with Crippen molar-refractivity contribution in [3.8, 4) is 0 Å². The third-order valence-corrected chi connectivity index (χ3v) is 2.43. The Morgan fingerprint density at radius 3 is 2.58 bits per heavy atom. The molecular formula is C10H20N2. The van der Waals surface area contributed by atoms with Crippen molar-refractivity contribution in [3.05, 3.63) is 0 Å². The van der Waals surface area contributed by atoms with Gasteiger partial charge in [-0.15, -0.1) is 0 Å². The van der Waals surface area contributed by atoms with E-state index in [0.717, 1.165) is 6.54 Å². The maximum Gasteiger partial charge on any atom is 0.0708 e. The predicted molar refractivity (Wildman–Crippen MR) is 51.5 cm³/mol. The summed E-state index contributed by atoms with van der Waals surface area (Å²) in [4.78, 5) is 0. The van der Waals surface area contributed by atoms with Crippen LogP contribution in [-0.2, 0) is 0 Å². The van der Waals surface area contributed by atoms with Gasteiger partial charge in [0.2, 0.25) is 0 Å². The summed E-state index contributed by atoms with van der Waals surface area (Å²) in [6.07, 6.45) is 9.08. The minimum atomic E-state index is 0.565. The maximum absolute atomic E-state index is 4.35. The van der Waals surface area contributed by atoms with Gasteiger partial charge in [0.1, 0.15) is 0 Å². The Hall–Kier alpha value is -0.400. The van der Waals surface area contributed by atoms with Crippen molar-refractivity contribution < 1.29 is 0 Å². The Morgan fingerprint density at radius 2 is 1.92 bits per heavy atom. The van der Waals surface area contributed by atoms with Crippen LogP contribution < -0.4 is 0 Å². The smallest absolute Gasteiger partial charge is 0.0708 e. The van der Waals surface area contributed by atoms with Crippen LogP contribution in [0.15, 0.2) is 10.2 Å². The van der Waals surface area contributed by atoms with Crippen molar-refractivity contribution >= 4 is 0 Å². The lowest BCUT2D eigenvalue weighted by Gasteiger charge is -2.15. The van der Waals surface area contributed by atoms with Crippen molar-refractivity contribution in [1.29, 1.82) is 0 Å². The van der Waals surface area contributed by atoms with Crippen molar-refractivity contribution in [2.24, 2.45) is 10.2 Å². The van der Waals surface area contributed by atoms with Gasteiger partial charge >= 0.3 is 0 Å². The van der Waals surface area contributed by atoms with E-state index in [2.05, 4.69) is 17.2 Å². The Bertz CT molecular complexity index is 126. The van der Waals surface area contributed by atoms with E-state index in [4.69, 9.17) is 0 Å². The van der Waals surface area contributed by atoms with Crippen LogP contribution >= 0.6 is 0 Å². The zero-order valence-electron chi connectivity index (χ0n) is 8.13. The molecule has 0 heterocycles. The fraction of sp³-hybridized carbons (Fsp3) is 1.00. The summed E-state index contributed by atoms with van der Waals surface area (Å²) >= 11 is 0. The van der Waals surface area contributed by atoms with Gasteiger partial charge in [0.05, 0.1) is 12.6 Å². The fourth-order valence-electron chi connectivity index (χ4n) is 1.60. The topological polar surface area (TPSA) is 24.7 Å². The summed E-state index contributed by atoms with van der Waals surface area (Å²) in [6.45, 7) is 3.13. The van der Waals surface area contributed by atoms with Crippen molar-refractivity contribution in [1.82, 2.24) is 0 Å². The van der Waals surface area contributed by atoms with E-state index in [-0.39, 0.29) is 0 Å². The van der Waals surface area contributed by atoms with Crippen molar-refractivity contribution in [2.45, 2.75) is 57.9 Å². The summed E-state index contributed by atoms with van der Waals surface area (Å²) < 4.78 is 0. The van der Waals surface area contributed by atoms with E-state index < -0.39 is 0 Å². The molecule has 2 heteroatoms. The van der Waals surface area contributed by atoms with E-state index in [9.17, 15) is 0 Å². The summed E-state index contributed by atoms with van der Waals surface area (Å²) in [5, 5.41) is 8.56. The van der Waals surface area contributed by atoms with E-state index in [1.165, 1.54) is 44.9 Å². The highest BCUT2D eigenvalue weighted by Gasteiger charge is 2.11. The van der Waals surface area contributed by atoms with Gasteiger partial charge in [-0.1, -0.05) is 32.6 Å². The second-order valence-electron chi connectivity index (χ2n) is 3.63. The molecule has 0 unspecified atom stereocenters. The first kappa shape index (κ1) is 9.69. The minimum absolute atomic E-state index is 0.565. The highest BCUT2D eigenvalue weighted by molar-refractivity contribution is 4.69. The molecule has 0 aromatic rings. The number of hydrogen-bond acceptors (Lipinski definition) is 2. The molecule has 0 aliphatic heterocycles. The molecule has 0 bridgehead atoms. The Balaban J connectivity index is 2.07. The first-order chi connectivity index (χ1) is 5.93. The molecule has 0 atom stereocenters. The van der Waals surface area contributed by atoms with Gasteiger partial charge in [0, 0.05) is 0 Å². The average Bonchev–Trinajstić information content (AvgIpc) is 2.14. The number of nitrogens with zero attached hydrogens (tertiary/aromatic N) is 2. The first-order valence-corrected chi connectivity index (χ1v) is 5.30. The van der Waals surface area contributed by atoms with E-state index >= 15 is 0 Å². The highest BCUT2D eigenvalue weighted by Crippen LogP contribution is 2.20. The number of hydrogen-bond donors (Lipinski definition) is 0. The molecule has 1 aliphatic carbocycles. The van der Waals surface area contributed by atoms with Crippen molar-refractivity contribution in [2.75, 3.05) is 6.54 Å². The highest BCUT2D eigenvalue weighted by atomic mass is 15.1. The first-order valence-electron chi connectivity index (χ1n) is 5.30. The number of rotatable bonds is 4. The Morgan fingerprint density at radius 1 is 1.17 bits per heavy atom. The molecule has 0 N–H and O–H groups in total. The maximum atomic E-state index is 4.35. The van der Waals surface area contributed by atoms with Crippen LogP contribution in [0.25, 0.3) is 0 Å². The molecule has 70 valence electrons. The van der Waals surface area contributed by atoms with E-state index in [0.29, 0.717) is 6.04 Å². The van der Waals surface area contributed by atoms with Crippen LogP contribution in [0.2, 0.25) is 0 Å². The van der Waals surface area contributed by atoms with Crippen LogP contribution in [0.3, 0.4) is 0 Å². The molecule has 1 aliphatic rings. The summed E-state index contributed by atoms with van der Waals surface area (Å²) in [7, 11) is 0. The van der Waals surface area contributed by atoms with Gasteiger partial charge in [-0.25, -0.2) is 0 Å². The molecule has 0 spiro atoms. The molecule has 0 amide bonds. The molecule has 0 saturated heterocycles. The fourth-order valence-corrected chi connectivity index (χ4v) is 1.60. The second kappa shape index (κ2) is 6.15. The molecule has 0 radical (unpaired) electrons. The largest absolute Gasteiger partial charge is 0.194 e. The lowest BCUT2D eigenvalue weighted by atomic mass is 9.96. The molecule has 1 rings (SSSR count). The third-order valence-electron chi connectivity index (χ3n) is 2.43. The molecule has 1 fully saturated rings. The number of unbranched alkanes of at least 4 members (excludes halogenated alkanes) is 1. The summed E-state index contributed by atoms with van der Waals surface area (Å²) in [5.74, 6) is 0. The summed E-state index contributed by atoms with van der Waals surface area (Å²) in [6, 6.07) is 0.565. The van der Waals surface area contributed by atoms with Gasteiger partial charge in [-0.05, 0) is 19.3 Å². The van der Waals surface area contributed by atoms with Gasteiger partial charge < -0.3 is 0 Å². The van der Waals surface area contributed by atoms with Crippen molar-refractivity contribution in [3.63, 3.8) is 0 Å². The minimum Gasteiger partial charge on any atom is -0.194 e. The zero-order chi connectivity index (χ0) is 8.65. The SMILES string of the molecule is CCCCN=NC1CCCCC1. The van der Waals surface area contributed by atoms with Gasteiger partial charge in [-0.3, -0.25) is 0 Å². The molecular weight excluding hydrogens is 148 g/mol. The van der Waals surface area contributed by atoms with Gasteiger partial charge in [-0.2, -0.15) is 10.2 Å². The molecule has 0 aromatic heterocycles. The van der Waals surface area contributed by atoms with Crippen LogP contribution in [0, 0.1) is 0 Å². The van der Waals surface area contributed by atoms with Crippen LogP contribution in [0.4, 0.5) is 0 Å². The average molecular weight is 168 g/mol. The quantitative estimate of drug-likeness (QED) is 0.453. The van der Waals surface area contributed by atoms with Crippen LogP contribution in [-0.4, -0.2) is 12.6 Å². The van der Waals surface area contributed by atoms with Gasteiger partial charge in [0.15, 0.2) is 0 Å². The standard InChI is InChI=1S/C10H20N2/c1-2-3-9-11-12-10-7-5-4-6-8-10/h10H,2-9H2,1H3. The number of azo groups is 1. The molecule has 0 aromatic carbocycles.